The zero-order valence-electron chi connectivity index (χ0n) is 11.4. The number of hydrogen-bond donors (Lipinski definition) is 1. The highest BCUT2D eigenvalue weighted by molar-refractivity contribution is 6.31. The molecule has 0 aromatic carbocycles. The largest absolute Gasteiger partial charge is 0.377 e. The third-order valence-electron chi connectivity index (χ3n) is 4.20. The van der Waals surface area contributed by atoms with E-state index in [9.17, 15) is 0 Å². The molecule has 1 aliphatic carbocycles. The Morgan fingerprint density at radius 1 is 1.56 bits per heavy atom. The molecule has 0 spiro atoms. The Morgan fingerprint density at radius 3 is 2.61 bits per heavy atom. The summed E-state index contributed by atoms with van der Waals surface area (Å²) >= 11 is 6.35. The van der Waals surface area contributed by atoms with E-state index in [0.717, 1.165) is 42.1 Å². The molecule has 1 unspecified atom stereocenters. The Bertz CT molecular complexity index is 421. The first-order valence-electron chi connectivity index (χ1n) is 6.55. The van der Waals surface area contributed by atoms with Crippen LogP contribution in [0.25, 0.3) is 0 Å². The minimum atomic E-state index is -0.153. The van der Waals surface area contributed by atoms with Gasteiger partial charge in [0.05, 0.1) is 22.0 Å². The van der Waals surface area contributed by atoms with Crippen molar-refractivity contribution in [3.05, 3.63) is 16.4 Å². The van der Waals surface area contributed by atoms with E-state index in [2.05, 4.69) is 12.0 Å². The Morgan fingerprint density at radius 2 is 2.22 bits per heavy atom. The smallest absolute Gasteiger partial charge is 0.0850 e. The van der Waals surface area contributed by atoms with Crippen LogP contribution in [0.4, 0.5) is 0 Å². The molecule has 1 fully saturated rings. The fourth-order valence-electron chi connectivity index (χ4n) is 2.69. The van der Waals surface area contributed by atoms with Crippen molar-refractivity contribution >= 4 is 11.6 Å². The van der Waals surface area contributed by atoms with Crippen LogP contribution < -0.4 is 5.73 Å². The Hall–Kier alpha value is -0.580. The molecule has 1 heterocycles. The van der Waals surface area contributed by atoms with Gasteiger partial charge in [0.1, 0.15) is 0 Å². The summed E-state index contributed by atoms with van der Waals surface area (Å²) in [5, 5.41) is 5.19. The molecule has 1 aromatic rings. The molecule has 0 bridgehead atoms. The first kappa shape index (κ1) is 13.8. The molecule has 102 valence electrons. The third-order valence-corrected chi connectivity index (χ3v) is 4.63. The van der Waals surface area contributed by atoms with E-state index in [-0.39, 0.29) is 11.6 Å². The molecule has 4 nitrogen and oxygen atoms in total. The van der Waals surface area contributed by atoms with Gasteiger partial charge in [0.25, 0.3) is 0 Å². The number of nitrogens with zero attached hydrogens (tertiary/aromatic N) is 2. The topological polar surface area (TPSA) is 53.1 Å². The number of aromatic nitrogens is 2. The predicted octanol–water partition coefficient (Wildman–Crippen LogP) is 2.07. The summed E-state index contributed by atoms with van der Waals surface area (Å²) in [6.07, 6.45) is 4.84. The van der Waals surface area contributed by atoms with Crippen LogP contribution in [0.3, 0.4) is 0 Å². The molecule has 1 aromatic heterocycles. The molecule has 18 heavy (non-hydrogen) atoms. The van der Waals surface area contributed by atoms with Crippen molar-refractivity contribution in [3.63, 3.8) is 0 Å². The van der Waals surface area contributed by atoms with Crippen molar-refractivity contribution in [2.24, 2.45) is 12.8 Å². The van der Waals surface area contributed by atoms with Crippen LogP contribution in [-0.4, -0.2) is 28.5 Å². The second-order valence-electron chi connectivity index (χ2n) is 5.12. The zero-order valence-corrected chi connectivity index (χ0v) is 12.1. The summed E-state index contributed by atoms with van der Waals surface area (Å²) in [7, 11) is 3.68. The van der Waals surface area contributed by atoms with Crippen molar-refractivity contribution < 1.29 is 4.74 Å². The Balaban J connectivity index is 2.16. The van der Waals surface area contributed by atoms with Gasteiger partial charge >= 0.3 is 0 Å². The van der Waals surface area contributed by atoms with E-state index in [1.807, 2.05) is 11.7 Å². The molecule has 0 amide bonds. The van der Waals surface area contributed by atoms with Crippen LogP contribution in [-0.2, 0) is 24.6 Å². The van der Waals surface area contributed by atoms with Gasteiger partial charge in [-0.1, -0.05) is 18.5 Å². The highest BCUT2D eigenvalue weighted by Gasteiger charge is 2.43. The van der Waals surface area contributed by atoms with E-state index in [1.165, 1.54) is 6.42 Å². The van der Waals surface area contributed by atoms with Gasteiger partial charge in [-0.2, -0.15) is 5.10 Å². The number of halogens is 1. The lowest BCUT2D eigenvalue weighted by Crippen LogP contribution is -2.55. The standard InChI is InChI=1S/C13H22ClN3O/c1-4-9-12(14)10(17(2)16-9)8-11(15)13(18-3)6-5-7-13/h11H,4-8,15H2,1-3H3. The van der Waals surface area contributed by atoms with Crippen molar-refractivity contribution in [2.45, 2.75) is 50.7 Å². The quantitative estimate of drug-likeness (QED) is 0.892. The lowest BCUT2D eigenvalue weighted by Gasteiger charge is -2.45. The molecular formula is C13H22ClN3O. The second-order valence-corrected chi connectivity index (χ2v) is 5.50. The van der Waals surface area contributed by atoms with Crippen molar-refractivity contribution in [1.82, 2.24) is 9.78 Å². The lowest BCUT2D eigenvalue weighted by molar-refractivity contribution is -0.0899. The number of aryl methyl sites for hydroxylation is 2. The first-order chi connectivity index (χ1) is 8.54. The minimum Gasteiger partial charge on any atom is -0.377 e. The maximum atomic E-state index is 6.35. The van der Waals surface area contributed by atoms with E-state index < -0.39 is 0 Å². The van der Waals surface area contributed by atoms with Gasteiger partial charge < -0.3 is 10.5 Å². The van der Waals surface area contributed by atoms with E-state index in [4.69, 9.17) is 22.1 Å². The molecule has 5 heteroatoms. The van der Waals surface area contributed by atoms with Crippen LogP contribution in [0, 0.1) is 0 Å². The maximum absolute atomic E-state index is 6.35. The number of methoxy groups -OCH3 is 1. The molecular weight excluding hydrogens is 250 g/mol. The molecule has 1 saturated carbocycles. The Labute approximate surface area is 113 Å². The van der Waals surface area contributed by atoms with Crippen molar-refractivity contribution in [3.8, 4) is 0 Å². The van der Waals surface area contributed by atoms with Crippen LogP contribution in [0.2, 0.25) is 5.02 Å². The third kappa shape index (κ3) is 2.17. The maximum Gasteiger partial charge on any atom is 0.0850 e. The van der Waals surface area contributed by atoms with Gasteiger partial charge in [-0.25, -0.2) is 0 Å². The summed E-state index contributed by atoms with van der Waals surface area (Å²) in [5.41, 5.74) is 8.13. The normalized spacial score (nSPS) is 19.6. The van der Waals surface area contributed by atoms with Gasteiger partial charge in [-0.3, -0.25) is 4.68 Å². The fourth-order valence-corrected chi connectivity index (χ4v) is 3.06. The van der Waals surface area contributed by atoms with Gasteiger partial charge in [0.15, 0.2) is 0 Å². The molecule has 1 aliphatic rings. The summed E-state index contributed by atoms with van der Waals surface area (Å²) in [6, 6.07) is -0.0196. The van der Waals surface area contributed by atoms with E-state index in [1.54, 1.807) is 7.11 Å². The summed E-state index contributed by atoms with van der Waals surface area (Å²) < 4.78 is 7.47. The molecule has 0 aliphatic heterocycles. The van der Waals surface area contributed by atoms with Crippen molar-refractivity contribution in [1.29, 1.82) is 0 Å². The van der Waals surface area contributed by atoms with Crippen LogP contribution >= 0.6 is 11.6 Å². The highest BCUT2D eigenvalue weighted by atomic mass is 35.5. The monoisotopic (exact) mass is 271 g/mol. The average molecular weight is 272 g/mol. The first-order valence-corrected chi connectivity index (χ1v) is 6.93. The van der Waals surface area contributed by atoms with E-state index in [0.29, 0.717) is 0 Å². The molecule has 0 saturated heterocycles. The molecule has 1 atom stereocenters. The van der Waals surface area contributed by atoms with Gasteiger partial charge in [0.2, 0.25) is 0 Å². The number of hydrogen-bond acceptors (Lipinski definition) is 3. The van der Waals surface area contributed by atoms with E-state index >= 15 is 0 Å². The zero-order chi connectivity index (χ0) is 13.3. The second kappa shape index (κ2) is 5.19. The summed E-state index contributed by atoms with van der Waals surface area (Å²) in [4.78, 5) is 0. The fraction of sp³-hybridized carbons (Fsp3) is 0.769. The lowest BCUT2D eigenvalue weighted by atomic mass is 9.73. The van der Waals surface area contributed by atoms with Gasteiger partial charge in [-0.05, 0) is 25.7 Å². The van der Waals surface area contributed by atoms with Crippen LogP contribution in [0.15, 0.2) is 0 Å². The summed E-state index contributed by atoms with van der Waals surface area (Å²) in [5.74, 6) is 0. The van der Waals surface area contributed by atoms with Gasteiger partial charge in [-0.15, -0.1) is 0 Å². The highest BCUT2D eigenvalue weighted by Crippen LogP contribution is 2.38. The van der Waals surface area contributed by atoms with Gasteiger partial charge in [0, 0.05) is 26.6 Å². The van der Waals surface area contributed by atoms with Crippen LogP contribution in [0.5, 0.6) is 0 Å². The molecule has 2 rings (SSSR count). The molecule has 0 radical (unpaired) electrons. The van der Waals surface area contributed by atoms with Crippen LogP contribution in [0.1, 0.15) is 37.6 Å². The minimum absolute atomic E-state index is 0.0196. The predicted molar refractivity (Wildman–Crippen MR) is 72.9 cm³/mol. The number of ether oxygens (including phenoxy) is 1. The van der Waals surface area contributed by atoms with Crippen molar-refractivity contribution in [2.75, 3.05) is 7.11 Å². The average Bonchev–Trinajstić information content (AvgIpc) is 2.56. The summed E-state index contributed by atoms with van der Waals surface area (Å²) in [6.45, 7) is 2.06. The number of nitrogens with two attached hydrogens (primary N) is 1. The SMILES string of the molecule is CCc1nn(C)c(CC(N)C2(OC)CCC2)c1Cl. The molecule has 2 N–H and O–H groups in total. The Kier molecular flexibility index (Phi) is 3.99. The number of rotatable bonds is 5.